The van der Waals surface area contributed by atoms with E-state index < -0.39 is 0 Å². The van der Waals surface area contributed by atoms with Crippen molar-refractivity contribution in [2.45, 2.75) is 19.4 Å². The molecule has 1 aromatic heterocycles. The number of fused-ring (bicyclic) bond motifs is 1. The zero-order valence-corrected chi connectivity index (χ0v) is 8.70. The summed E-state index contributed by atoms with van der Waals surface area (Å²) in [6.45, 7) is 8.19. The number of nitrogens with zero attached hydrogens (tertiary/aromatic N) is 1. The number of rotatable bonds is 2. The van der Waals surface area contributed by atoms with Gasteiger partial charge in [0.2, 0.25) is 0 Å². The minimum Gasteiger partial charge on any atom is -0.338 e. The molecule has 0 aliphatic rings. The first kappa shape index (κ1) is 9.07. The van der Waals surface area contributed by atoms with Crippen LogP contribution in [0.25, 0.3) is 10.9 Å². The van der Waals surface area contributed by atoms with Crippen LogP contribution in [-0.2, 0) is 5.54 Å². The summed E-state index contributed by atoms with van der Waals surface area (Å²) in [4.78, 5) is 0. The molecule has 2 aromatic rings. The van der Waals surface area contributed by atoms with Gasteiger partial charge in [0.1, 0.15) is 0 Å². The van der Waals surface area contributed by atoms with Crippen LogP contribution < -0.4 is 0 Å². The number of aromatic nitrogens is 1. The van der Waals surface area contributed by atoms with Crippen LogP contribution in [0.2, 0.25) is 0 Å². The molecule has 0 fully saturated rings. The minimum atomic E-state index is -0.0247. The molecule has 1 nitrogen and oxygen atoms in total. The third-order valence-corrected chi connectivity index (χ3v) is 2.72. The van der Waals surface area contributed by atoms with Crippen molar-refractivity contribution in [1.82, 2.24) is 4.57 Å². The third kappa shape index (κ3) is 1.25. The summed E-state index contributed by atoms with van der Waals surface area (Å²) >= 11 is 0. The summed E-state index contributed by atoms with van der Waals surface area (Å²) in [5, 5.41) is 1.28. The Kier molecular flexibility index (Phi) is 1.95. The molecule has 0 saturated carbocycles. The maximum atomic E-state index is 3.87. The SMILES string of the molecule is C=CC(C)(C)n1ccc2ccccc21. The van der Waals surface area contributed by atoms with Gasteiger partial charge < -0.3 is 4.57 Å². The topological polar surface area (TPSA) is 4.93 Å². The molecule has 0 unspecified atom stereocenters. The molecular formula is C13H15N. The zero-order chi connectivity index (χ0) is 10.2. The monoisotopic (exact) mass is 185 g/mol. The van der Waals surface area contributed by atoms with Gasteiger partial charge in [0.05, 0.1) is 5.54 Å². The van der Waals surface area contributed by atoms with Crippen molar-refractivity contribution in [2.24, 2.45) is 0 Å². The Hall–Kier alpha value is -1.50. The molecule has 0 atom stereocenters. The van der Waals surface area contributed by atoms with E-state index in [9.17, 15) is 0 Å². The third-order valence-electron chi connectivity index (χ3n) is 2.72. The molecule has 14 heavy (non-hydrogen) atoms. The average Bonchev–Trinajstić information content (AvgIpc) is 2.61. The average molecular weight is 185 g/mol. The van der Waals surface area contributed by atoms with Crippen molar-refractivity contribution < 1.29 is 0 Å². The molecule has 0 bridgehead atoms. The van der Waals surface area contributed by atoms with E-state index in [2.05, 4.69) is 61.5 Å². The van der Waals surface area contributed by atoms with Crippen molar-refractivity contribution in [2.75, 3.05) is 0 Å². The molecule has 0 radical (unpaired) electrons. The first-order valence-corrected chi connectivity index (χ1v) is 4.85. The van der Waals surface area contributed by atoms with Crippen molar-refractivity contribution in [3.8, 4) is 0 Å². The molecule has 2 rings (SSSR count). The Balaban J connectivity index is 2.70. The summed E-state index contributed by atoms with van der Waals surface area (Å²) in [7, 11) is 0. The molecule has 0 N–H and O–H groups in total. The van der Waals surface area contributed by atoms with E-state index in [1.807, 2.05) is 6.08 Å². The van der Waals surface area contributed by atoms with E-state index in [4.69, 9.17) is 0 Å². The fourth-order valence-corrected chi connectivity index (χ4v) is 1.68. The van der Waals surface area contributed by atoms with Gasteiger partial charge in [-0.3, -0.25) is 0 Å². The molecule has 0 aliphatic carbocycles. The minimum absolute atomic E-state index is 0.0247. The smallest absolute Gasteiger partial charge is 0.0569 e. The highest BCUT2D eigenvalue weighted by Crippen LogP contribution is 2.24. The standard InChI is InChI=1S/C13H15N/c1-4-13(2,3)14-10-9-11-7-5-6-8-12(11)14/h4-10H,1H2,2-3H3. The molecule has 1 aromatic carbocycles. The zero-order valence-electron chi connectivity index (χ0n) is 8.70. The number of hydrogen-bond acceptors (Lipinski definition) is 0. The first-order chi connectivity index (χ1) is 6.65. The Morgan fingerprint density at radius 1 is 1.21 bits per heavy atom. The lowest BCUT2D eigenvalue weighted by Crippen LogP contribution is -2.21. The number of hydrogen-bond donors (Lipinski definition) is 0. The summed E-state index contributed by atoms with van der Waals surface area (Å²) in [5.74, 6) is 0. The second kappa shape index (κ2) is 3.02. The van der Waals surface area contributed by atoms with Crippen molar-refractivity contribution in [3.05, 3.63) is 49.2 Å². The highest BCUT2D eigenvalue weighted by atomic mass is 15.0. The van der Waals surface area contributed by atoms with Crippen LogP contribution >= 0.6 is 0 Å². The van der Waals surface area contributed by atoms with Crippen LogP contribution in [0.4, 0.5) is 0 Å². The van der Waals surface area contributed by atoms with Gasteiger partial charge in [-0.15, -0.1) is 6.58 Å². The lowest BCUT2D eigenvalue weighted by molar-refractivity contribution is 0.472. The highest BCUT2D eigenvalue weighted by molar-refractivity contribution is 5.80. The van der Waals surface area contributed by atoms with Gasteiger partial charge in [-0.25, -0.2) is 0 Å². The number of benzene rings is 1. The van der Waals surface area contributed by atoms with E-state index in [0.29, 0.717) is 0 Å². The van der Waals surface area contributed by atoms with E-state index in [1.54, 1.807) is 0 Å². The van der Waals surface area contributed by atoms with Gasteiger partial charge in [0.25, 0.3) is 0 Å². The maximum absolute atomic E-state index is 3.87. The lowest BCUT2D eigenvalue weighted by Gasteiger charge is -2.23. The summed E-state index contributed by atoms with van der Waals surface area (Å²) < 4.78 is 2.25. The molecule has 72 valence electrons. The van der Waals surface area contributed by atoms with Crippen LogP contribution in [-0.4, -0.2) is 4.57 Å². The fourth-order valence-electron chi connectivity index (χ4n) is 1.68. The molecule has 0 aliphatic heterocycles. The normalized spacial score (nSPS) is 11.9. The van der Waals surface area contributed by atoms with Crippen LogP contribution in [0.3, 0.4) is 0 Å². The van der Waals surface area contributed by atoms with Gasteiger partial charge in [-0.1, -0.05) is 24.3 Å². The van der Waals surface area contributed by atoms with Crippen LogP contribution in [0.5, 0.6) is 0 Å². The van der Waals surface area contributed by atoms with Crippen LogP contribution in [0.1, 0.15) is 13.8 Å². The summed E-state index contributed by atoms with van der Waals surface area (Å²) in [5.41, 5.74) is 1.24. The van der Waals surface area contributed by atoms with E-state index in [0.717, 1.165) is 0 Å². The maximum Gasteiger partial charge on any atom is 0.0569 e. The van der Waals surface area contributed by atoms with Crippen molar-refractivity contribution in [3.63, 3.8) is 0 Å². The lowest BCUT2D eigenvalue weighted by atomic mass is 10.1. The van der Waals surface area contributed by atoms with Crippen molar-refractivity contribution in [1.29, 1.82) is 0 Å². The van der Waals surface area contributed by atoms with Gasteiger partial charge in [0.15, 0.2) is 0 Å². The second-order valence-electron chi connectivity index (χ2n) is 4.10. The van der Waals surface area contributed by atoms with Gasteiger partial charge in [-0.2, -0.15) is 0 Å². The quantitative estimate of drug-likeness (QED) is 0.630. The first-order valence-electron chi connectivity index (χ1n) is 4.85. The Bertz CT molecular complexity index is 463. The summed E-state index contributed by atoms with van der Waals surface area (Å²) in [6, 6.07) is 10.5. The highest BCUT2D eigenvalue weighted by Gasteiger charge is 2.16. The van der Waals surface area contributed by atoms with Gasteiger partial charge in [0, 0.05) is 11.7 Å². The van der Waals surface area contributed by atoms with E-state index >= 15 is 0 Å². The predicted molar refractivity (Wildman–Crippen MR) is 61.5 cm³/mol. The van der Waals surface area contributed by atoms with Gasteiger partial charge in [-0.05, 0) is 31.4 Å². The fraction of sp³-hybridized carbons (Fsp3) is 0.231. The van der Waals surface area contributed by atoms with Crippen molar-refractivity contribution >= 4 is 10.9 Å². The van der Waals surface area contributed by atoms with Crippen LogP contribution in [0.15, 0.2) is 49.2 Å². The number of allylic oxidation sites excluding steroid dienone is 1. The Labute approximate surface area is 84.7 Å². The Morgan fingerprint density at radius 2 is 1.93 bits per heavy atom. The second-order valence-corrected chi connectivity index (χ2v) is 4.10. The van der Waals surface area contributed by atoms with E-state index in [1.165, 1.54) is 10.9 Å². The van der Waals surface area contributed by atoms with Gasteiger partial charge >= 0.3 is 0 Å². The molecule has 0 amide bonds. The molecular weight excluding hydrogens is 170 g/mol. The van der Waals surface area contributed by atoms with E-state index in [-0.39, 0.29) is 5.54 Å². The largest absolute Gasteiger partial charge is 0.338 e. The molecule has 0 spiro atoms. The summed E-state index contributed by atoms with van der Waals surface area (Å²) in [6.07, 6.45) is 4.09. The molecule has 1 heterocycles. The molecule has 0 saturated heterocycles. The predicted octanol–water partition coefficient (Wildman–Crippen LogP) is 3.56. The Morgan fingerprint density at radius 3 is 2.64 bits per heavy atom. The van der Waals surface area contributed by atoms with Crippen LogP contribution in [0, 0.1) is 0 Å². The molecule has 1 heteroatoms. The number of para-hydroxylation sites is 1.